The van der Waals surface area contributed by atoms with Crippen LogP contribution in [0.15, 0.2) is 106 Å². The minimum Gasteiger partial charge on any atom is -0.489 e. The van der Waals surface area contributed by atoms with Crippen LogP contribution in [0.25, 0.3) is 22.5 Å². The van der Waals surface area contributed by atoms with E-state index in [0.29, 0.717) is 22.6 Å². The molecule has 0 aliphatic heterocycles. The average Bonchev–Trinajstić information content (AvgIpc) is 3.34. The lowest BCUT2D eigenvalue weighted by Crippen LogP contribution is -1.96. The second kappa shape index (κ2) is 11.5. The number of nitro benzene ring substituents is 1. The Hall–Kier alpha value is -5.48. The summed E-state index contributed by atoms with van der Waals surface area (Å²) < 4.78 is 12.1. The second-order valence-corrected chi connectivity index (χ2v) is 9.37. The van der Waals surface area contributed by atoms with E-state index in [0.717, 1.165) is 33.4 Å². The fraction of sp³-hybridized carbons (Fsp3) is 0.0909. The molecule has 0 saturated carbocycles. The first-order valence-electron chi connectivity index (χ1n) is 12.6. The maximum atomic E-state index is 10.9. The fourth-order valence-corrected chi connectivity index (χ4v) is 4.22. The van der Waals surface area contributed by atoms with Crippen LogP contribution in [0.1, 0.15) is 27.8 Å². The first-order chi connectivity index (χ1) is 19.4. The summed E-state index contributed by atoms with van der Waals surface area (Å²) in [7, 11) is 0. The van der Waals surface area contributed by atoms with Gasteiger partial charge in [-0.25, -0.2) is 4.99 Å². The van der Waals surface area contributed by atoms with Gasteiger partial charge in [0.05, 0.1) is 4.92 Å². The standard InChI is InChI=1S/C33H25N3O4/c1-22-6-12-26(13-7-22)31-30(19-34)33(40-32(31)27-14-8-23(2)9-15-27)35-20-25-4-3-5-29(18-25)39-21-24-10-16-28(17-11-24)36(37)38/h3-18,20H,21H2,1-2H3. The molecule has 5 rings (SSSR count). The molecule has 0 spiro atoms. The summed E-state index contributed by atoms with van der Waals surface area (Å²) >= 11 is 0. The third-order valence-electron chi connectivity index (χ3n) is 6.40. The molecule has 0 N–H and O–H groups in total. The van der Waals surface area contributed by atoms with E-state index in [1.165, 1.54) is 12.1 Å². The smallest absolute Gasteiger partial charge is 0.269 e. The van der Waals surface area contributed by atoms with Gasteiger partial charge < -0.3 is 9.15 Å². The van der Waals surface area contributed by atoms with Crippen LogP contribution in [-0.4, -0.2) is 11.1 Å². The maximum Gasteiger partial charge on any atom is 0.269 e. The number of ether oxygens (including phenoxy) is 1. The van der Waals surface area contributed by atoms with Gasteiger partial charge in [0.25, 0.3) is 5.69 Å². The van der Waals surface area contributed by atoms with E-state index in [4.69, 9.17) is 9.15 Å². The molecular formula is C33H25N3O4. The molecule has 0 bridgehead atoms. The molecule has 7 nitrogen and oxygen atoms in total. The quantitative estimate of drug-likeness (QED) is 0.115. The topological polar surface area (TPSA) is 102 Å². The zero-order valence-electron chi connectivity index (χ0n) is 22.0. The van der Waals surface area contributed by atoms with Crippen LogP contribution >= 0.6 is 0 Å². The van der Waals surface area contributed by atoms with Gasteiger partial charge in [-0.15, -0.1) is 0 Å². The highest BCUT2D eigenvalue weighted by Gasteiger charge is 2.22. The van der Waals surface area contributed by atoms with Crippen LogP contribution < -0.4 is 4.74 Å². The Bertz CT molecular complexity index is 1730. The normalized spacial score (nSPS) is 10.9. The van der Waals surface area contributed by atoms with E-state index < -0.39 is 4.92 Å². The number of nitriles is 1. The molecule has 4 aromatic carbocycles. The zero-order valence-corrected chi connectivity index (χ0v) is 22.0. The van der Waals surface area contributed by atoms with Crippen LogP contribution in [0.2, 0.25) is 0 Å². The van der Waals surface area contributed by atoms with Gasteiger partial charge >= 0.3 is 0 Å². The predicted molar refractivity (Wildman–Crippen MR) is 155 cm³/mol. The van der Waals surface area contributed by atoms with Crippen LogP contribution in [0.3, 0.4) is 0 Å². The van der Waals surface area contributed by atoms with Gasteiger partial charge in [0.15, 0.2) is 0 Å². The number of hydrogen-bond donors (Lipinski definition) is 0. The lowest BCUT2D eigenvalue weighted by Gasteiger charge is -2.06. The van der Waals surface area contributed by atoms with Gasteiger partial charge in [0, 0.05) is 29.5 Å². The minimum atomic E-state index is -0.433. The summed E-state index contributed by atoms with van der Waals surface area (Å²) in [6.07, 6.45) is 1.64. The highest BCUT2D eigenvalue weighted by Crippen LogP contribution is 2.42. The highest BCUT2D eigenvalue weighted by atomic mass is 16.6. The molecule has 0 aliphatic carbocycles. The van der Waals surface area contributed by atoms with Crippen molar-refractivity contribution in [3.63, 3.8) is 0 Å². The summed E-state index contributed by atoms with van der Waals surface area (Å²) in [4.78, 5) is 15.0. The molecule has 0 amide bonds. The minimum absolute atomic E-state index is 0.0349. The molecule has 1 aromatic heterocycles. The Kier molecular flexibility index (Phi) is 7.52. The zero-order chi connectivity index (χ0) is 28.1. The third kappa shape index (κ3) is 5.82. The largest absolute Gasteiger partial charge is 0.489 e. The van der Waals surface area contributed by atoms with E-state index in [-0.39, 0.29) is 18.2 Å². The number of aliphatic imine (C=N–C) groups is 1. The Morgan fingerprint density at radius 2 is 1.57 bits per heavy atom. The number of aryl methyl sites for hydroxylation is 2. The first kappa shape index (κ1) is 26.1. The van der Waals surface area contributed by atoms with Gasteiger partial charge in [0.1, 0.15) is 29.7 Å². The number of furan rings is 1. The van der Waals surface area contributed by atoms with Crippen molar-refractivity contribution < 1.29 is 14.1 Å². The molecule has 0 aliphatic rings. The Balaban J connectivity index is 1.43. The average molecular weight is 528 g/mol. The summed E-state index contributed by atoms with van der Waals surface area (Å²) in [6.45, 7) is 4.30. The summed E-state index contributed by atoms with van der Waals surface area (Å²) in [6, 6.07) is 31.9. The monoisotopic (exact) mass is 527 g/mol. The number of hydrogen-bond acceptors (Lipinski definition) is 6. The van der Waals surface area contributed by atoms with E-state index in [1.807, 2.05) is 86.6 Å². The number of nitro groups is 1. The van der Waals surface area contributed by atoms with Crippen molar-refractivity contribution >= 4 is 17.8 Å². The van der Waals surface area contributed by atoms with E-state index in [2.05, 4.69) is 11.1 Å². The first-order valence-corrected chi connectivity index (χ1v) is 12.6. The molecule has 40 heavy (non-hydrogen) atoms. The SMILES string of the molecule is Cc1ccc(-c2oc(N=Cc3cccc(OCc4ccc([N+](=O)[O-])cc4)c3)c(C#N)c2-c2ccc(C)cc2)cc1. The lowest BCUT2D eigenvalue weighted by atomic mass is 9.97. The fourth-order valence-electron chi connectivity index (χ4n) is 4.22. The highest BCUT2D eigenvalue weighted by molar-refractivity contribution is 5.90. The molecule has 0 unspecified atom stereocenters. The number of nitrogens with zero attached hydrogens (tertiary/aromatic N) is 3. The Morgan fingerprint density at radius 3 is 2.20 bits per heavy atom. The Morgan fingerprint density at radius 1 is 0.925 bits per heavy atom. The van der Waals surface area contributed by atoms with E-state index in [1.54, 1.807) is 18.3 Å². The van der Waals surface area contributed by atoms with E-state index >= 15 is 0 Å². The third-order valence-corrected chi connectivity index (χ3v) is 6.40. The maximum absolute atomic E-state index is 10.9. The van der Waals surface area contributed by atoms with Crippen molar-refractivity contribution in [2.45, 2.75) is 20.5 Å². The van der Waals surface area contributed by atoms with Gasteiger partial charge in [-0.05, 0) is 54.8 Å². The van der Waals surface area contributed by atoms with Crippen molar-refractivity contribution in [3.8, 4) is 34.3 Å². The molecule has 196 valence electrons. The van der Waals surface area contributed by atoms with Crippen molar-refractivity contribution in [1.82, 2.24) is 0 Å². The molecule has 0 saturated heterocycles. The van der Waals surface area contributed by atoms with Crippen LogP contribution in [0.4, 0.5) is 11.6 Å². The molecule has 0 fully saturated rings. The molecular weight excluding hydrogens is 502 g/mol. The van der Waals surface area contributed by atoms with Crippen LogP contribution in [0.5, 0.6) is 5.75 Å². The summed E-state index contributed by atoms with van der Waals surface area (Å²) in [5.41, 5.74) is 6.66. The lowest BCUT2D eigenvalue weighted by molar-refractivity contribution is -0.384. The van der Waals surface area contributed by atoms with Crippen molar-refractivity contribution in [2.24, 2.45) is 4.99 Å². The van der Waals surface area contributed by atoms with Gasteiger partial charge in [-0.1, -0.05) is 71.8 Å². The molecule has 1 heterocycles. The van der Waals surface area contributed by atoms with Crippen molar-refractivity contribution in [2.75, 3.05) is 0 Å². The van der Waals surface area contributed by atoms with Gasteiger partial charge in [0.2, 0.25) is 5.88 Å². The van der Waals surface area contributed by atoms with E-state index in [9.17, 15) is 15.4 Å². The molecule has 7 heteroatoms. The van der Waals surface area contributed by atoms with Gasteiger partial charge in [-0.2, -0.15) is 5.26 Å². The van der Waals surface area contributed by atoms with Crippen molar-refractivity contribution in [3.05, 3.63) is 135 Å². The Labute approximate surface area is 231 Å². The van der Waals surface area contributed by atoms with Crippen LogP contribution in [-0.2, 0) is 6.61 Å². The predicted octanol–water partition coefficient (Wildman–Crippen LogP) is 8.34. The summed E-state index contributed by atoms with van der Waals surface area (Å²) in [5, 5.41) is 21.0. The van der Waals surface area contributed by atoms with Crippen molar-refractivity contribution in [1.29, 1.82) is 5.26 Å². The second-order valence-electron chi connectivity index (χ2n) is 9.37. The molecule has 0 radical (unpaired) electrons. The number of benzene rings is 4. The number of non-ortho nitro benzene ring substituents is 1. The summed E-state index contributed by atoms with van der Waals surface area (Å²) in [5.74, 6) is 1.43. The van der Waals surface area contributed by atoms with Gasteiger partial charge in [-0.3, -0.25) is 10.1 Å². The molecule has 0 atom stereocenters. The molecule has 5 aromatic rings. The number of rotatable bonds is 8. The van der Waals surface area contributed by atoms with Crippen LogP contribution in [0, 0.1) is 35.3 Å².